The average molecular weight is 537 g/mol. The summed E-state index contributed by atoms with van der Waals surface area (Å²) in [7, 11) is 1.95. The SMILES string of the molecule is CC(C)CNCc1cc(C(=O)Nc2cc(C3(c4nncn4C)CC(C)C3)ccc2Cl)c(=O)n(CC2CC2)c1. The first-order valence-electron chi connectivity index (χ1n) is 13.6. The number of hydrogen-bond acceptors (Lipinski definition) is 5. The molecule has 8 nitrogen and oxygen atoms in total. The Balaban J connectivity index is 1.44. The van der Waals surface area contributed by atoms with E-state index in [0.717, 1.165) is 49.2 Å². The molecule has 0 spiro atoms. The lowest BCUT2D eigenvalue weighted by Crippen LogP contribution is -2.43. The van der Waals surface area contributed by atoms with Crippen molar-refractivity contribution in [2.75, 3.05) is 11.9 Å². The molecule has 202 valence electrons. The Bertz CT molecular complexity index is 1380. The third kappa shape index (κ3) is 5.43. The highest BCUT2D eigenvalue weighted by Crippen LogP contribution is 2.52. The second kappa shape index (κ2) is 10.7. The van der Waals surface area contributed by atoms with Crippen molar-refractivity contribution in [3.8, 4) is 0 Å². The molecule has 0 radical (unpaired) electrons. The molecule has 5 rings (SSSR count). The van der Waals surface area contributed by atoms with E-state index in [0.29, 0.717) is 41.6 Å². The number of halogens is 1. The number of nitrogens with one attached hydrogen (secondary N) is 2. The van der Waals surface area contributed by atoms with E-state index in [1.165, 1.54) is 0 Å². The number of hydrogen-bond donors (Lipinski definition) is 2. The predicted molar refractivity (Wildman–Crippen MR) is 150 cm³/mol. The summed E-state index contributed by atoms with van der Waals surface area (Å²) >= 11 is 6.56. The minimum absolute atomic E-state index is 0.135. The molecule has 3 aromatic rings. The van der Waals surface area contributed by atoms with Crippen LogP contribution in [0, 0.1) is 17.8 Å². The van der Waals surface area contributed by atoms with Gasteiger partial charge in [0.05, 0.1) is 16.1 Å². The third-order valence-electron chi connectivity index (χ3n) is 7.72. The highest BCUT2D eigenvalue weighted by Gasteiger charge is 2.48. The molecule has 1 amide bonds. The number of benzene rings is 1. The van der Waals surface area contributed by atoms with Crippen molar-refractivity contribution in [3.63, 3.8) is 0 Å². The topological polar surface area (TPSA) is 93.8 Å². The zero-order chi connectivity index (χ0) is 27.0. The van der Waals surface area contributed by atoms with E-state index in [4.69, 9.17) is 11.6 Å². The van der Waals surface area contributed by atoms with Crippen LogP contribution in [0.3, 0.4) is 0 Å². The number of anilines is 1. The van der Waals surface area contributed by atoms with Crippen molar-refractivity contribution in [3.05, 3.63) is 74.7 Å². The first-order chi connectivity index (χ1) is 18.2. The summed E-state index contributed by atoms with van der Waals surface area (Å²) in [6.45, 7) is 8.62. The van der Waals surface area contributed by atoms with Crippen molar-refractivity contribution >= 4 is 23.2 Å². The number of carbonyl (C=O) groups is 1. The minimum Gasteiger partial charge on any atom is -0.320 e. The Kier molecular flexibility index (Phi) is 7.47. The molecule has 0 atom stereocenters. The summed E-state index contributed by atoms with van der Waals surface area (Å²) in [5.41, 5.74) is 2.03. The molecule has 2 N–H and O–H groups in total. The quantitative estimate of drug-likeness (QED) is 0.390. The molecule has 2 fully saturated rings. The molecule has 9 heteroatoms. The van der Waals surface area contributed by atoms with Crippen LogP contribution in [0.4, 0.5) is 5.69 Å². The van der Waals surface area contributed by atoms with Crippen LogP contribution in [0.25, 0.3) is 0 Å². The van der Waals surface area contributed by atoms with E-state index < -0.39 is 5.91 Å². The lowest BCUT2D eigenvalue weighted by Gasteiger charge is -2.46. The van der Waals surface area contributed by atoms with Crippen LogP contribution in [0.2, 0.25) is 5.02 Å². The maximum absolute atomic E-state index is 13.5. The summed E-state index contributed by atoms with van der Waals surface area (Å²) in [5.74, 6) is 2.03. The lowest BCUT2D eigenvalue weighted by molar-refractivity contribution is 0.102. The van der Waals surface area contributed by atoms with Gasteiger partial charge in [-0.15, -0.1) is 10.2 Å². The summed E-state index contributed by atoms with van der Waals surface area (Å²) < 4.78 is 3.66. The molecule has 38 heavy (non-hydrogen) atoms. The van der Waals surface area contributed by atoms with Gasteiger partial charge in [-0.25, -0.2) is 0 Å². The Morgan fingerprint density at radius 2 is 2.00 bits per heavy atom. The van der Waals surface area contributed by atoms with E-state index in [1.54, 1.807) is 17.0 Å². The molecule has 2 saturated carbocycles. The monoisotopic (exact) mass is 536 g/mol. The summed E-state index contributed by atoms with van der Waals surface area (Å²) in [6, 6.07) is 7.45. The fourth-order valence-corrected chi connectivity index (χ4v) is 5.84. The second-order valence-corrected chi connectivity index (χ2v) is 12.1. The van der Waals surface area contributed by atoms with Gasteiger partial charge in [0.1, 0.15) is 17.7 Å². The van der Waals surface area contributed by atoms with Gasteiger partial charge in [0, 0.05) is 26.3 Å². The minimum atomic E-state index is -0.445. The largest absolute Gasteiger partial charge is 0.320 e. The van der Waals surface area contributed by atoms with Gasteiger partial charge >= 0.3 is 0 Å². The van der Waals surface area contributed by atoms with Gasteiger partial charge in [-0.3, -0.25) is 9.59 Å². The molecule has 0 aliphatic heterocycles. The number of aryl methyl sites for hydroxylation is 1. The highest BCUT2D eigenvalue weighted by molar-refractivity contribution is 6.34. The van der Waals surface area contributed by atoms with E-state index in [1.807, 2.05) is 36.0 Å². The smallest absolute Gasteiger partial charge is 0.263 e. The fraction of sp³-hybridized carbons (Fsp3) is 0.517. The van der Waals surface area contributed by atoms with Crippen LogP contribution in [0.1, 0.15) is 73.8 Å². The van der Waals surface area contributed by atoms with Crippen LogP contribution in [-0.4, -0.2) is 31.8 Å². The Labute approximate surface area is 228 Å². The summed E-state index contributed by atoms with van der Waals surface area (Å²) in [4.78, 5) is 26.8. The third-order valence-corrected chi connectivity index (χ3v) is 8.05. The maximum atomic E-state index is 13.5. The summed E-state index contributed by atoms with van der Waals surface area (Å²) in [6.07, 6.45) is 7.73. The highest BCUT2D eigenvalue weighted by atomic mass is 35.5. The van der Waals surface area contributed by atoms with E-state index in [9.17, 15) is 9.59 Å². The molecular weight excluding hydrogens is 500 g/mol. The van der Waals surface area contributed by atoms with E-state index in [-0.39, 0.29) is 16.5 Å². The number of carbonyl (C=O) groups excluding carboxylic acids is 1. The first-order valence-corrected chi connectivity index (χ1v) is 13.9. The predicted octanol–water partition coefficient (Wildman–Crippen LogP) is 4.75. The number of rotatable bonds is 10. The van der Waals surface area contributed by atoms with Crippen molar-refractivity contribution in [1.29, 1.82) is 0 Å². The average Bonchev–Trinajstić information content (AvgIpc) is 3.57. The van der Waals surface area contributed by atoms with Gasteiger partial charge in [-0.1, -0.05) is 38.4 Å². The number of amides is 1. The number of nitrogens with zero attached hydrogens (tertiary/aromatic N) is 4. The Morgan fingerprint density at radius 3 is 2.63 bits per heavy atom. The zero-order valence-corrected chi connectivity index (χ0v) is 23.4. The van der Waals surface area contributed by atoms with Crippen molar-refractivity contribution in [1.82, 2.24) is 24.6 Å². The first kappa shape index (κ1) is 26.6. The second-order valence-electron chi connectivity index (χ2n) is 11.7. The van der Waals surface area contributed by atoms with Gasteiger partial charge in [0.15, 0.2) is 0 Å². The summed E-state index contributed by atoms with van der Waals surface area (Å²) in [5, 5.41) is 15.3. The normalized spacial score (nSPS) is 20.9. The number of pyridine rings is 1. The van der Waals surface area contributed by atoms with Gasteiger partial charge in [-0.05, 0) is 79.3 Å². The zero-order valence-electron chi connectivity index (χ0n) is 22.6. The molecule has 2 aromatic heterocycles. The van der Waals surface area contributed by atoms with Crippen LogP contribution < -0.4 is 16.2 Å². The van der Waals surface area contributed by atoms with Crippen molar-refractivity contribution in [2.45, 2.75) is 65.0 Å². The van der Waals surface area contributed by atoms with Gasteiger partial charge < -0.3 is 19.8 Å². The van der Waals surface area contributed by atoms with E-state index >= 15 is 0 Å². The Morgan fingerprint density at radius 1 is 1.24 bits per heavy atom. The lowest BCUT2D eigenvalue weighted by atomic mass is 9.58. The van der Waals surface area contributed by atoms with Gasteiger partial charge in [0.25, 0.3) is 11.5 Å². The molecule has 2 aliphatic rings. The molecule has 0 saturated heterocycles. The molecule has 2 heterocycles. The van der Waals surface area contributed by atoms with Crippen LogP contribution in [-0.2, 0) is 25.6 Å². The standard InChI is InChI=1S/C29H37ClN6O2/c1-18(2)13-31-14-21-9-23(27(38)36(16-21)15-20-5-6-20)26(37)33-25-10-22(7-8-24(25)30)29(11-19(3)12-29)28-34-32-17-35(28)4/h7-10,16-20,31H,5-6,11-15H2,1-4H3,(H,33,37). The van der Waals surface area contributed by atoms with E-state index in [2.05, 4.69) is 41.6 Å². The Hall–Kier alpha value is -2.97. The molecule has 0 unspecified atom stereocenters. The molecule has 0 bridgehead atoms. The fourth-order valence-electron chi connectivity index (χ4n) is 5.68. The van der Waals surface area contributed by atoms with Crippen LogP contribution in [0.15, 0.2) is 41.6 Å². The number of aromatic nitrogens is 4. The maximum Gasteiger partial charge on any atom is 0.263 e. The van der Waals surface area contributed by atoms with Gasteiger partial charge in [0.2, 0.25) is 0 Å². The van der Waals surface area contributed by atoms with Crippen LogP contribution >= 0.6 is 11.6 Å². The molecule has 1 aromatic carbocycles. The van der Waals surface area contributed by atoms with Crippen molar-refractivity contribution < 1.29 is 4.79 Å². The van der Waals surface area contributed by atoms with Gasteiger partial charge in [-0.2, -0.15) is 0 Å². The van der Waals surface area contributed by atoms with Crippen LogP contribution in [0.5, 0.6) is 0 Å². The molecule has 2 aliphatic carbocycles. The van der Waals surface area contributed by atoms with Crippen molar-refractivity contribution in [2.24, 2.45) is 24.8 Å². The molecular formula is C29H37ClN6O2.